The Balaban J connectivity index is 2.35. The molecule has 1 aromatic carbocycles. The molecule has 1 heterocycles. The van der Waals surface area contributed by atoms with Crippen LogP contribution < -0.4 is 5.32 Å². The summed E-state index contributed by atoms with van der Waals surface area (Å²) in [6.07, 6.45) is 6.31. The summed E-state index contributed by atoms with van der Waals surface area (Å²) < 4.78 is 0. The van der Waals surface area contributed by atoms with Crippen LogP contribution in [0.3, 0.4) is 0 Å². The summed E-state index contributed by atoms with van der Waals surface area (Å²) in [5.74, 6) is 0. The number of benzene rings is 1. The molecule has 0 radical (unpaired) electrons. The van der Waals surface area contributed by atoms with Crippen LogP contribution in [0.1, 0.15) is 24.9 Å². The van der Waals surface area contributed by atoms with Crippen LogP contribution in [0.4, 0.5) is 0 Å². The molecule has 0 aliphatic rings. The van der Waals surface area contributed by atoms with E-state index in [1.165, 1.54) is 5.56 Å². The lowest BCUT2D eigenvalue weighted by molar-refractivity contribution is 0.577. The van der Waals surface area contributed by atoms with Gasteiger partial charge in [-0.05, 0) is 30.7 Å². The van der Waals surface area contributed by atoms with Crippen LogP contribution in [-0.4, -0.2) is 17.0 Å². The van der Waals surface area contributed by atoms with Crippen molar-refractivity contribution in [1.29, 1.82) is 0 Å². The monoisotopic (exact) mass is 227 g/mol. The number of nitrogens with zero attached hydrogens (tertiary/aromatic N) is 2. The van der Waals surface area contributed by atoms with Crippen molar-refractivity contribution in [2.24, 2.45) is 0 Å². The Morgan fingerprint density at radius 3 is 2.59 bits per heavy atom. The number of nitrogens with one attached hydrogen (secondary N) is 1. The zero-order valence-electron chi connectivity index (χ0n) is 10.2. The van der Waals surface area contributed by atoms with Crippen LogP contribution in [-0.2, 0) is 0 Å². The van der Waals surface area contributed by atoms with Gasteiger partial charge in [0, 0.05) is 24.0 Å². The molecule has 0 bridgehead atoms. The minimum absolute atomic E-state index is 0.402. The van der Waals surface area contributed by atoms with Crippen molar-refractivity contribution >= 4 is 0 Å². The zero-order chi connectivity index (χ0) is 12.1. The first kappa shape index (κ1) is 11.7. The molecule has 1 N–H and O–H groups in total. The zero-order valence-corrected chi connectivity index (χ0v) is 10.2. The highest BCUT2D eigenvalue weighted by Crippen LogP contribution is 2.23. The Kier molecular flexibility index (Phi) is 3.83. The molecular weight excluding hydrogens is 210 g/mol. The Labute approximate surface area is 102 Å². The van der Waals surface area contributed by atoms with E-state index in [1.807, 2.05) is 19.4 Å². The molecule has 0 amide bonds. The third-order valence-corrected chi connectivity index (χ3v) is 2.94. The van der Waals surface area contributed by atoms with E-state index in [1.54, 1.807) is 6.33 Å². The van der Waals surface area contributed by atoms with Crippen LogP contribution in [0.15, 0.2) is 43.0 Å². The second-order valence-corrected chi connectivity index (χ2v) is 4.00. The number of hydrogen-bond acceptors (Lipinski definition) is 3. The van der Waals surface area contributed by atoms with E-state index in [0.717, 1.165) is 17.5 Å². The fourth-order valence-electron chi connectivity index (χ4n) is 1.99. The van der Waals surface area contributed by atoms with Gasteiger partial charge in [-0.3, -0.25) is 0 Å². The van der Waals surface area contributed by atoms with Gasteiger partial charge < -0.3 is 5.32 Å². The van der Waals surface area contributed by atoms with Crippen molar-refractivity contribution in [2.45, 2.75) is 19.4 Å². The lowest BCUT2D eigenvalue weighted by Crippen LogP contribution is -2.15. The van der Waals surface area contributed by atoms with Gasteiger partial charge in [-0.2, -0.15) is 0 Å². The summed E-state index contributed by atoms with van der Waals surface area (Å²) >= 11 is 0. The lowest BCUT2D eigenvalue weighted by Gasteiger charge is -2.15. The number of aromatic nitrogens is 2. The van der Waals surface area contributed by atoms with Gasteiger partial charge in [-0.25, -0.2) is 9.97 Å². The topological polar surface area (TPSA) is 37.8 Å². The fraction of sp³-hybridized carbons (Fsp3) is 0.286. The van der Waals surface area contributed by atoms with Gasteiger partial charge >= 0.3 is 0 Å². The maximum absolute atomic E-state index is 4.05. The van der Waals surface area contributed by atoms with Crippen LogP contribution in [0, 0.1) is 0 Å². The molecular formula is C14H17N3. The molecule has 1 unspecified atom stereocenters. The normalized spacial score (nSPS) is 12.4. The van der Waals surface area contributed by atoms with E-state index >= 15 is 0 Å². The van der Waals surface area contributed by atoms with E-state index in [2.05, 4.69) is 46.5 Å². The Morgan fingerprint density at radius 2 is 1.94 bits per heavy atom. The number of hydrogen-bond donors (Lipinski definition) is 1. The van der Waals surface area contributed by atoms with Gasteiger partial charge in [0.1, 0.15) is 6.33 Å². The lowest BCUT2D eigenvalue weighted by atomic mass is 10.00. The molecule has 88 valence electrons. The minimum Gasteiger partial charge on any atom is -0.313 e. The van der Waals surface area contributed by atoms with E-state index in [9.17, 15) is 0 Å². The van der Waals surface area contributed by atoms with Gasteiger partial charge in [-0.1, -0.05) is 25.1 Å². The molecule has 17 heavy (non-hydrogen) atoms. The first-order valence-corrected chi connectivity index (χ1v) is 5.87. The maximum atomic E-state index is 4.05. The molecule has 2 aromatic rings. The van der Waals surface area contributed by atoms with Crippen molar-refractivity contribution in [1.82, 2.24) is 15.3 Å². The summed E-state index contributed by atoms with van der Waals surface area (Å²) in [5.41, 5.74) is 3.52. The molecule has 1 aromatic heterocycles. The maximum Gasteiger partial charge on any atom is 0.115 e. The highest BCUT2D eigenvalue weighted by atomic mass is 14.9. The second kappa shape index (κ2) is 5.55. The van der Waals surface area contributed by atoms with E-state index in [4.69, 9.17) is 0 Å². The summed E-state index contributed by atoms with van der Waals surface area (Å²) in [4.78, 5) is 8.10. The summed E-state index contributed by atoms with van der Waals surface area (Å²) in [7, 11) is 1.99. The highest BCUT2D eigenvalue weighted by molar-refractivity contribution is 5.62. The van der Waals surface area contributed by atoms with Crippen LogP contribution in [0.25, 0.3) is 11.1 Å². The molecule has 0 aliphatic carbocycles. The number of rotatable bonds is 4. The van der Waals surface area contributed by atoms with Crippen molar-refractivity contribution < 1.29 is 0 Å². The molecule has 0 aliphatic heterocycles. The molecule has 0 saturated carbocycles. The average Bonchev–Trinajstić information content (AvgIpc) is 2.42. The quantitative estimate of drug-likeness (QED) is 0.872. The van der Waals surface area contributed by atoms with Crippen molar-refractivity contribution in [3.63, 3.8) is 0 Å². The van der Waals surface area contributed by atoms with Gasteiger partial charge in [0.25, 0.3) is 0 Å². The predicted octanol–water partition coefficient (Wildman–Crippen LogP) is 2.81. The van der Waals surface area contributed by atoms with Gasteiger partial charge in [0.15, 0.2) is 0 Å². The smallest absolute Gasteiger partial charge is 0.115 e. The van der Waals surface area contributed by atoms with Gasteiger partial charge in [0.2, 0.25) is 0 Å². The van der Waals surface area contributed by atoms with E-state index in [-0.39, 0.29) is 0 Å². The molecule has 2 rings (SSSR count). The predicted molar refractivity (Wildman–Crippen MR) is 69.6 cm³/mol. The van der Waals surface area contributed by atoms with Crippen LogP contribution in [0.5, 0.6) is 0 Å². The summed E-state index contributed by atoms with van der Waals surface area (Å²) in [6.45, 7) is 2.18. The SMILES string of the molecule is CCC(NC)c1cccc(-c2cncnc2)c1. The van der Waals surface area contributed by atoms with Gasteiger partial charge in [0.05, 0.1) is 0 Å². The Bertz CT molecular complexity index is 464. The largest absolute Gasteiger partial charge is 0.313 e. The molecule has 0 saturated heterocycles. The fourth-order valence-corrected chi connectivity index (χ4v) is 1.99. The van der Waals surface area contributed by atoms with Crippen molar-refractivity contribution in [2.75, 3.05) is 7.05 Å². The summed E-state index contributed by atoms with van der Waals surface area (Å²) in [5, 5.41) is 3.32. The molecule has 1 atom stereocenters. The standard InChI is InChI=1S/C14H17N3/c1-3-14(15-2)12-6-4-5-11(7-12)13-8-16-10-17-9-13/h4-10,14-15H,3H2,1-2H3. The third kappa shape index (κ3) is 2.68. The van der Waals surface area contributed by atoms with E-state index in [0.29, 0.717) is 6.04 Å². The second-order valence-electron chi connectivity index (χ2n) is 4.00. The van der Waals surface area contributed by atoms with Gasteiger partial charge in [-0.15, -0.1) is 0 Å². The first-order valence-electron chi connectivity index (χ1n) is 5.87. The summed E-state index contributed by atoms with van der Waals surface area (Å²) in [6, 6.07) is 8.92. The average molecular weight is 227 g/mol. The molecule has 3 heteroatoms. The van der Waals surface area contributed by atoms with Crippen molar-refractivity contribution in [3.8, 4) is 11.1 Å². The molecule has 3 nitrogen and oxygen atoms in total. The van der Waals surface area contributed by atoms with E-state index < -0.39 is 0 Å². The first-order chi connectivity index (χ1) is 8.35. The minimum atomic E-state index is 0.402. The van der Waals surface area contributed by atoms with Crippen molar-refractivity contribution in [3.05, 3.63) is 48.5 Å². The Hall–Kier alpha value is -1.74. The molecule has 0 spiro atoms. The highest BCUT2D eigenvalue weighted by Gasteiger charge is 2.07. The molecule has 0 fully saturated rings. The van der Waals surface area contributed by atoms with Crippen LogP contribution >= 0.6 is 0 Å². The van der Waals surface area contributed by atoms with Crippen LogP contribution in [0.2, 0.25) is 0 Å². The Morgan fingerprint density at radius 1 is 1.18 bits per heavy atom. The third-order valence-electron chi connectivity index (χ3n) is 2.94.